The molecule has 0 bridgehead atoms. The number of piperazine rings is 1. The summed E-state index contributed by atoms with van der Waals surface area (Å²) in [5.74, 6) is 0.352. The molecule has 1 fully saturated rings. The summed E-state index contributed by atoms with van der Waals surface area (Å²) in [5, 5.41) is 3.35. The molecule has 0 atom stereocenters. The fourth-order valence-corrected chi connectivity index (χ4v) is 2.70. The molecule has 0 spiro atoms. The number of nitrogens with one attached hydrogen (secondary N) is 1. The lowest BCUT2D eigenvalue weighted by atomic mass is 10.2. The lowest BCUT2D eigenvalue weighted by Gasteiger charge is -2.33. The molecule has 0 saturated carbocycles. The Bertz CT molecular complexity index is 773. The van der Waals surface area contributed by atoms with E-state index in [1.807, 2.05) is 17.9 Å². The van der Waals surface area contributed by atoms with Gasteiger partial charge in [-0.15, -0.1) is 0 Å². The maximum atomic E-state index is 12.3. The van der Waals surface area contributed by atoms with Crippen molar-refractivity contribution in [2.45, 2.75) is 6.92 Å². The third-order valence-corrected chi connectivity index (χ3v) is 4.50. The number of hydrogen-bond acceptors (Lipinski definition) is 5. The highest BCUT2D eigenvalue weighted by Crippen LogP contribution is 2.20. The van der Waals surface area contributed by atoms with Crippen molar-refractivity contribution in [3.05, 3.63) is 46.9 Å². The molecule has 1 aliphatic heterocycles. The van der Waals surface area contributed by atoms with E-state index in [0.29, 0.717) is 42.7 Å². The van der Waals surface area contributed by atoms with E-state index in [2.05, 4.69) is 15.3 Å². The Hall–Kier alpha value is -2.67. The van der Waals surface area contributed by atoms with Crippen LogP contribution in [0, 0.1) is 6.92 Å². The topological polar surface area (TPSA) is 78.4 Å². The van der Waals surface area contributed by atoms with Crippen LogP contribution in [0.5, 0.6) is 0 Å². The fourth-order valence-electron chi connectivity index (χ4n) is 2.52. The van der Waals surface area contributed by atoms with Gasteiger partial charge in [-0.25, -0.2) is 9.97 Å². The van der Waals surface area contributed by atoms with Crippen LogP contribution in [-0.4, -0.2) is 53.4 Å². The van der Waals surface area contributed by atoms with Crippen LogP contribution in [0.25, 0.3) is 0 Å². The summed E-state index contributed by atoms with van der Waals surface area (Å²) in [5.41, 5.74) is 1.78. The third-order valence-electron chi connectivity index (χ3n) is 4.09. The molecule has 0 unspecified atom stereocenters. The molecule has 2 aromatic rings. The van der Waals surface area contributed by atoms with Gasteiger partial charge in [-0.05, 0) is 24.6 Å². The number of hydrogen-bond donors (Lipinski definition) is 1. The number of carbonyl (C=O) groups is 2. The first-order chi connectivity index (χ1) is 12.1. The number of anilines is 2. The molecule has 7 nitrogen and oxygen atoms in total. The van der Waals surface area contributed by atoms with Crippen molar-refractivity contribution in [3.8, 4) is 0 Å². The van der Waals surface area contributed by atoms with E-state index in [-0.39, 0.29) is 11.6 Å². The minimum atomic E-state index is -0.343. The molecule has 2 amide bonds. The minimum Gasteiger partial charge on any atom is -0.352 e. The first-order valence-corrected chi connectivity index (χ1v) is 8.28. The zero-order valence-electron chi connectivity index (χ0n) is 13.8. The summed E-state index contributed by atoms with van der Waals surface area (Å²) in [6, 6.07) is 5.32. The largest absolute Gasteiger partial charge is 0.352 e. The van der Waals surface area contributed by atoms with E-state index in [9.17, 15) is 9.59 Å². The van der Waals surface area contributed by atoms with Crippen LogP contribution >= 0.6 is 11.6 Å². The zero-order valence-corrected chi connectivity index (χ0v) is 14.5. The molecular formula is C17H18ClN5O2. The Kier molecular flexibility index (Phi) is 5.14. The summed E-state index contributed by atoms with van der Waals surface area (Å²) in [6.07, 6.45) is 3.88. The Morgan fingerprint density at radius 3 is 2.56 bits per heavy atom. The Balaban J connectivity index is 1.64. The van der Waals surface area contributed by atoms with Gasteiger partial charge in [-0.3, -0.25) is 9.59 Å². The molecular weight excluding hydrogens is 342 g/mol. The zero-order chi connectivity index (χ0) is 17.8. The molecule has 1 aromatic heterocycles. The number of benzene rings is 1. The molecule has 1 aliphatic rings. The van der Waals surface area contributed by atoms with Gasteiger partial charge < -0.3 is 15.1 Å². The molecule has 1 saturated heterocycles. The van der Waals surface area contributed by atoms with Gasteiger partial charge in [0.05, 0.1) is 12.4 Å². The summed E-state index contributed by atoms with van der Waals surface area (Å²) < 4.78 is 0. The van der Waals surface area contributed by atoms with Gasteiger partial charge in [-0.1, -0.05) is 17.7 Å². The Morgan fingerprint density at radius 2 is 1.96 bits per heavy atom. The fraction of sp³-hybridized carbons (Fsp3) is 0.294. The van der Waals surface area contributed by atoms with Gasteiger partial charge in [0.25, 0.3) is 5.91 Å². The number of aryl methyl sites for hydroxylation is 1. The quantitative estimate of drug-likeness (QED) is 0.844. The number of nitrogens with zero attached hydrogens (tertiary/aromatic N) is 4. The van der Waals surface area contributed by atoms with Crippen LogP contribution in [0.4, 0.5) is 11.5 Å². The van der Waals surface area contributed by atoms with Crippen molar-refractivity contribution < 1.29 is 9.59 Å². The second kappa shape index (κ2) is 7.48. The number of carbonyl (C=O) groups excluding carboxylic acids is 2. The van der Waals surface area contributed by atoms with Crippen molar-refractivity contribution in [3.63, 3.8) is 0 Å². The molecule has 0 radical (unpaired) electrons. The molecule has 3 rings (SSSR count). The highest BCUT2D eigenvalue weighted by atomic mass is 35.5. The van der Waals surface area contributed by atoms with Gasteiger partial charge >= 0.3 is 0 Å². The summed E-state index contributed by atoms with van der Waals surface area (Å²) in [4.78, 5) is 35.3. The molecule has 2 heterocycles. The van der Waals surface area contributed by atoms with Gasteiger partial charge in [0.15, 0.2) is 0 Å². The van der Waals surface area contributed by atoms with Gasteiger partial charge in [0.1, 0.15) is 11.5 Å². The smallest absolute Gasteiger partial charge is 0.275 e. The van der Waals surface area contributed by atoms with E-state index < -0.39 is 0 Å². The molecule has 0 aliphatic carbocycles. The van der Waals surface area contributed by atoms with E-state index in [1.54, 1.807) is 23.2 Å². The van der Waals surface area contributed by atoms with E-state index in [4.69, 9.17) is 11.6 Å². The highest BCUT2D eigenvalue weighted by molar-refractivity contribution is 6.31. The van der Waals surface area contributed by atoms with Gasteiger partial charge in [0, 0.05) is 36.9 Å². The Morgan fingerprint density at radius 1 is 1.20 bits per heavy atom. The van der Waals surface area contributed by atoms with Crippen molar-refractivity contribution in [1.29, 1.82) is 0 Å². The van der Waals surface area contributed by atoms with E-state index in [0.717, 1.165) is 12.0 Å². The molecule has 8 heteroatoms. The van der Waals surface area contributed by atoms with Gasteiger partial charge in [-0.2, -0.15) is 0 Å². The average Bonchev–Trinajstić information content (AvgIpc) is 2.65. The van der Waals surface area contributed by atoms with E-state index >= 15 is 0 Å². The van der Waals surface area contributed by atoms with Crippen LogP contribution in [0.2, 0.25) is 5.02 Å². The maximum absolute atomic E-state index is 12.3. The van der Waals surface area contributed by atoms with Crippen LogP contribution in [0.3, 0.4) is 0 Å². The molecule has 1 aromatic carbocycles. The van der Waals surface area contributed by atoms with Crippen molar-refractivity contribution >= 4 is 35.4 Å². The van der Waals surface area contributed by atoms with Crippen LogP contribution in [-0.2, 0) is 4.79 Å². The monoisotopic (exact) mass is 359 g/mol. The number of halogens is 1. The van der Waals surface area contributed by atoms with Gasteiger partial charge in [0.2, 0.25) is 6.41 Å². The van der Waals surface area contributed by atoms with Crippen LogP contribution in [0.1, 0.15) is 16.1 Å². The van der Waals surface area contributed by atoms with E-state index in [1.165, 1.54) is 6.20 Å². The SMILES string of the molecule is Cc1ccc(NC(=O)c2cnc(N3CCN(C=O)CC3)cn2)cc1Cl. The van der Waals surface area contributed by atoms with Crippen molar-refractivity contribution in [2.24, 2.45) is 0 Å². The first-order valence-electron chi connectivity index (χ1n) is 7.90. The number of amides is 2. The second-order valence-electron chi connectivity index (χ2n) is 5.81. The standard InChI is InChI=1S/C17H18ClN5O2/c1-12-2-3-13(8-14(12)18)21-17(25)15-9-20-16(10-19-15)23-6-4-22(11-24)5-7-23/h2-3,8-11H,4-7H2,1H3,(H,21,25). The maximum Gasteiger partial charge on any atom is 0.275 e. The number of aromatic nitrogens is 2. The second-order valence-corrected chi connectivity index (χ2v) is 6.21. The molecule has 130 valence electrons. The lowest BCUT2D eigenvalue weighted by Crippen LogP contribution is -2.46. The van der Waals surface area contributed by atoms with Crippen molar-refractivity contribution in [2.75, 3.05) is 36.4 Å². The molecule has 1 N–H and O–H groups in total. The molecule has 25 heavy (non-hydrogen) atoms. The highest BCUT2D eigenvalue weighted by Gasteiger charge is 2.17. The minimum absolute atomic E-state index is 0.229. The normalized spacial score (nSPS) is 14.3. The first kappa shape index (κ1) is 17.2. The average molecular weight is 360 g/mol. The summed E-state index contributed by atoms with van der Waals surface area (Å²) >= 11 is 6.06. The third kappa shape index (κ3) is 4.06. The Labute approximate surface area is 150 Å². The number of rotatable bonds is 4. The van der Waals surface area contributed by atoms with Crippen LogP contribution in [0.15, 0.2) is 30.6 Å². The summed E-state index contributed by atoms with van der Waals surface area (Å²) in [7, 11) is 0. The van der Waals surface area contributed by atoms with Crippen molar-refractivity contribution in [1.82, 2.24) is 14.9 Å². The lowest BCUT2D eigenvalue weighted by molar-refractivity contribution is -0.118. The summed E-state index contributed by atoms with van der Waals surface area (Å²) in [6.45, 7) is 4.60. The van der Waals surface area contributed by atoms with Crippen LogP contribution < -0.4 is 10.2 Å². The predicted octanol–water partition coefficient (Wildman–Crippen LogP) is 1.97. The predicted molar refractivity (Wildman–Crippen MR) is 96.0 cm³/mol.